The monoisotopic (exact) mass is 233 g/mol. The van der Waals surface area contributed by atoms with Gasteiger partial charge in [-0.3, -0.25) is 0 Å². The molecule has 0 amide bonds. The smallest absolute Gasteiger partial charge is 0.119 e. The van der Waals surface area contributed by atoms with Crippen LogP contribution in [-0.4, -0.2) is 12.4 Å². The van der Waals surface area contributed by atoms with E-state index in [-0.39, 0.29) is 0 Å². The third-order valence-corrected chi connectivity index (χ3v) is 3.71. The summed E-state index contributed by atoms with van der Waals surface area (Å²) in [4.78, 5) is 0. The van der Waals surface area contributed by atoms with Crippen LogP contribution < -0.4 is 4.74 Å². The molecule has 0 spiro atoms. The zero-order chi connectivity index (χ0) is 11.4. The van der Waals surface area contributed by atoms with Crippen molar-refractivity contribution in [3.63, 3.8) is 0 Å². The molecule has 0 bridgehead atoms. The fourth-order valence-electron chi connectivity index (χ4n) is 1.56. The molecular formula is C13H15NOS. The molecule has 0 aromatic heterocycles. The van der Waals surface area contributed by atoms with Crippen molar-refractivity contribution in [2.45, 2.75) is 19.3 Å². The summed E-state index contributed by atoms with van der Waals surface area (Å²) < 4.78 is 5.73. The Hall–Kier alpha value is -1.14. The molecule has 16 heavy (non-hydrogen) atoms. The van der Waals surface area contributed by atoms with Gasteiger partial charge in [-0.05, 0) is 36.3 Å². The normalized spacial score (nSPS) is 16.5. The minimum atomic E-state index is 0.328. The Morgan fingerprint density at radius 1 is 1.31 bits per heavy atom. The third-order valence-electron chi connectivity index (χ3n) is 3.04. The molecule has 1 aromatic carbocycles. The standard InChI is InChI=1S/C13H15NOS/c14-8-5-11-1-3-12(4-2-11)15-9-13(10-16)6-7-13/h1-4,16H,5-7,9-10H2. The third kappa shape index (κ3) is 2.70. The zero-order valence-electron chi connectivity index (χ0n) is 9.15. The maximum absolute atomic E-state index is 8.55. The molecule has 3 heteroatoms. The van der Waals surface area contributed by atoms with Crippen molar-refractivity contribution in [1.29, 1.82) is 5.26 Å². The number of benzene rings is 1. The Kier molecular flexibility index (Phi) is 3.40. The quantitative estimate of drug-likeness (QED) is 0.793. The summed E-state index contributed by atoms with van der Waals surface area (Å²) in [6.45, 7) is 0.758. The molecule has 0 unspecified atom stereocenters. The van der Waals surface area contributed by atoms with E-state index in [9.17, 15) is 0 Å². The highest BCUT2D eigenvalue weighted by Crippen LogP contribution is 2.46. The Balaban J connectivity index is 1.88. The molecule has 0 saturated heterocycles. The number of hydrogen-bond donors (Lipinski definition) is 1. The van der Waals surface area contributed by atoms with E-state index in [2.05, 4.69) is 18.7 Å². The van der Waals surface area contributed by atoms with Gasteiger partial charge in [0.25, 0.3) is 0 Å². The summed E-state index contributed by atoms with van der Waals surface area (Å²) in [5.41, 5.74) is 1.36. The lowest BCUT2D eigenvalue weighted by Crippen LogP contribution is -2.14. The van der Waals surface area contributed by atoms with Crippen LogP contribution in [-0.2, 0) is 6.42 Å². The fourth-order valence-corrected chi connectivity index (χ4v) is 1.96. The Labute approximate surface area is 102 Å². The molecule has 2 rings (SSSR count). The van der Waals surface area contributed by atoms with Gasteiger partial charge in [0.15, 0.2) is 0 Å². The fraction of sp³-hybridized carbons (Fsp3) is 0.462. The van der Waals surface area contributed by atoms with Crippen molar-refractivity contribution < 1.29 is 4.74 Å². The van der Waals surface area contributed by atoms with E-state index in [0.717, 1.165) is 23.7 Å². The number of rotatable bonds is 5. The molecule has 1 aromatic rings. The molecule has 0 aliphatic heterocycles. The van der Waals surface area contributed by atoms with Crippen molar-refractivity contribution >= 4 is 12.6 Å². The molecule has 1 fully saturated rings. The van der Waals surface area contributed by atoms with Crippen molar-refractivity contribution in [2.24, 2.45) is 5.41 Å². The van der Waals surface area contributed by atoms with E-state index in [4.69, 9.17) is 10.00 Å². The second-order valence-electron chi connectivity index (χ2n) is 4.43. The summed E-state index contributed by atoms with van der Waals surface area (Å²) in [6.07, 6.45) is 2.91. The minimum absolute atomic E-state index is 0.328. The van der Waals surface area contributed by atoms with Crippen LogP contribution in [0.25, 0.3) is 0 Å². The average molecular weight is 233 g/mol. The van der Waals surface area contributed by atoms with E-state index >= 15 is 0 Å². The first-order valence-corrected chi connectivity index (χ1v) is 6.11. The molecule has 2 nitrogen and oxygen atoms in total. The van der Waals surface area contributed by atoms with Crippen LogP contribution in [0.4, 0.5) is 0 Å². The first-order chi connectivity index (χ1) is 7.78. The molecule has 0 N–H and O–H groups in total. The molecule has 0 heterocycles. The van der Waals surface area contributed by atoms with Gasteiger partial charge in [0.2, 0.25) is 0 Å². The first-order valence-electron chi connectivity index (χ1n) is 5.48. The number of hydrogen-bond acceptors (Lipinski definition) is 3. The van der Waals surface area contributed by atoms with E-state index in [1.807, 2.05) is 24.3 Å². The van der Waals surface area contributed by atoms with Gasteiger partial charge in [-0.1, -0.05) is 12.1 Å². The van der Waals surface area contributed by atoms with E-state index < -0.39 is 0 Å². The topological polar surface area (TPSA) is 33.0 Å². The molecular weight excluding hydrogens is 218 g/mol. The lowest BCUT2D eigenvalue weighted by atomic mass is 10.1. The summed E-state index contributed by atoms with van der Waals surface area (Å²) in [5.74, 6) is 1.79. The molecule has 0 atom stereocenters. The lowest BCUT2D eigenvalue weighted by Gasteiger charge is -2.13. The van der Waals surface area contributed by atoms with Gasteiger partial charge in [0, 0.05) is 5.41 Å². The highest BCUT2D eigenvalue weighted by molar-refractivity contribution is 7.80. The predicted octanol–water partition coefficient (Wildman–Crippen LogP) is 2.84. The van der Waals surface area contributed by atoms with Crippen molar-refractivity contribution in [1.82, 2.24) is 0 Å². The largest absolute Gasteiger partial charge is 0.493 e. The molecule has 0 radical (unpaired) electrons. The van der Waals surface area contributed by atoms with Crippen molar-refractivity contribution in [3.8, 4) is 11.8 Å². The van der Waals surface area contributed by atoms with Gasteiger partial charge < -0.3 is 4.74 Å². The average Bonchev–Trinajstić information content (AvgIpc) is 3.09. The Morgan fingerprint density at radius 3 is 2.50 bits per heavy atom. The van der Waals surface area contributed by atoms with Crippen LogP contribution in [0.3, 0.4) is 0 Å². The van der Waals surface area contributed by atoms with E-state index in [0.29, 0.717) is 11.8 Å². The SMILES string of the molecule is N#CCc1ccc(OCC2(CS)CC2)cc1. The predicted molar refractivity (Wildman–Crippen MR) is 66.8 cm³/mol. The van der Waals surface area contributed by atoms with Gasteiger partial charge in [0.05, 0.1) is 19.1 Å². The molecule has 1 saturated carbocycles. The van der Waals surface area contributed by atoms with Gasteiger partial charge in [-0.25, -0.2) is 0 Å². The summed E-state index contributed by atoms with van der Waals surface area (Å²) in [5, 5.41) is 8.55. The van der Waals surface area contributed by atoms with Crippen LogP contribution in [0.15, 0.2) is 24.3 Å². The van der Waals surface area contributed by atoms with Crippen molar-refractivity contribution in [2.75, 3.05) is 12.4 Å². The van der Waals surface area contributed by atoms with Crippen LogP contribution >= 0.6 is 12.6 Å². The minimum Gasteiger partial charge on any atom is -0.493 e. The summed E-state index contributed by atoms with van der Waals surface area (Å²) >= 11 is 4.34. The highest BCUT2D eigenvalue weighted by atomic mass is 32.1. The van der Waals surface area contributed by atoms with Crippen LogP contribution in [0.5, 0.6) is 5.75 Å². The van der Waals surface area contributed by atoms with E-state index in [1.165, 1.54) is 12.8 Å². The van der Waals surface area contributed by atoms with Gasteiger partial charge in [-0.15, -0.1) is 0 Å². The molecule has 84 valence electrons. The summed E-state index contributed by atoms with van der Waals surface area (Å²) in [7, 11) is 0. The molecule has 1 aliphatic carbocycles. The zero-order valence-corrected chi connectivity index (χ0v) is 10.0. The number of nitrogens with zero attached hydrogens (tertiary/aromatic N) is 1. The van der Waals surface area contributed by atoms with Gasteiger partial charge in [-0.2, -0.15) is 17.9 Å². The van der Waals surface area contributed by atoms with Crippen molar-refractivity contribution in [3.05, 3.63) is 29.8 Å². The van der Waals surface area contributed by atoms with Crippen LogP contribution in [0, 0.1) is 16.7 Å². The highest BCUT2D eigenvalue weighted by Gasteiger charge is 2.42. The van der Waals surface area contributed by atoms with Crippen LogP contribution in [0.1, 0.15) is 18.4 Å². The second kappa shape index (κ2) is 4.80. The maximum atomic E-state index is 8.55. The maximum Gasteiger partial charge on any atom is 0.119 e. The molecule has 1 aliphatic rings. The first kappa shape index (κ1) is 11.3. The number of ether oxygens (including phenoxy) is 1. The summed E-state index contributed by atoms with van der Waals surface area (Å²) in [6, 6.07) is 9.88. The van der Waals surface area contributed by atoms with E-state index in [1.54, 1.807) is 0 Å². The Bertz CT molecular complexity index is 389. The number of nitriles is 1. The van der Waals surface area contributed by atoms with Gasteiger partial charge in [0.1, 0.15) is 5.75 Å². The van der Waals surface area contributed by atoms with Gasteiger partial charge >= 0.3 is 0 Å². The number of thiol groups is 1. The Morgan fingerprint density at radius 2 is 2.00 bits per heavy atom. The lowest BCUT2D eigenvalue weighted by molar-refractivity contribution is 0.250. The second-order valence-corrected chi connectivity index (χ2v) is 4.74. The van der Waals surface area contributed by atoms with Crippen LogP contribution in [0.2, 0.25) is 0 Å².